The van der Waals surface area contributed by atoms with Crippen LogP contribution in [0.5, 0.6) is 0 Å². The third-order valence-corrected chi connectivity index (χ3v) is 1.83. The molecule has 0 bridgehead atoms. The van der Waals surface area contributed by atoms with Crippen LogP contribution in [0.1, 0.15) is 13.8 Å². The lowest BCUT2D eigenvalue weighted by molar-refractivity contribution is 0.519. The first-order valence-electron chi connectivity index (χ1n) is 4.12. The fourth-order valence-electron chi connectivity index (χ4n) is 1.07. The summed E-state index contributed by atoms with van der Waals surface area (Å²) in [5.41, 5.74) is 1.26. The monoisotopic (exact) mass is 164 g/mol. The molecule has 0 radical (unpaired) electrons. The maximum Gasteiger partial charge on any atom is 0.0515 e. The number of allylic oxidation sites excluding steroid dienone is 3. The standard InChI is InChI=1S/C10H16N2/c1-10(2)5-6-11-8-9(7-10)12(3)4/h5-8H,1-4H3. The minimum Gasteiger partial charge on any atom is -0.377 e. The molecule has 0 atom stereocenters. The molecule has 1 aliphatic heterocycles. The molecule has 1 rings (SSSR count). The van der Waals surface area contributed by atoms with Gasteiger partial charge in [-0.1, -0.05) is 19.9 Å². The Bertz CT molecular complexity index is 245. The van der Waals surface area contributed by atoms with Gasteiger partial charge in [-0.05, 0) is 6.08 Å². The molecule has 0 N–H and O–H groups in total. The highest BCUT2D eigenvalue weighted by Crippen LogP contribution is 2.22. The molecule has 12 heavy (non-hydrogen) atoms. The van der Waals surface area contributed by atoms with Gasteiger partial charge < -0.3 is 4.90 Å². The van der Waals surface area contributed by atoms with Crippen molar-refractivity contribution >= 4 is 6.21 Å². The first-order valence-corrected chi connectivity index (χ1v) is 4.12. The molecule has 0 saturated heterocycles. The number of hydrogen-bond acceptors (Lipinski definition) is 2. The smallest absolute Gasteiger partial charge is 0.0515 e. The van der Waals surface area contributed by atoms with Crippen LogP contribution in [0, 0.1) is 5.41 Å². The second-order valence-corrected chi connectivity index (χ2v) is 3.88. The van der Waals surface area contributed by atoms with E-state index in [1.807, 2.05) is 26.5 Å². The highest BCUT2D eigenvalue weighted by atomic mass is 15.1. The number of nitrogens with zero attached hydrogens (tertiary/aromatic N) is 2. The summed E-state index contributed by atoms with van der Waals surface area (Å²) in [7, 11) is 4.05. The zero-order valence-corrected chi connectivity index (χ0v) is 8.20. The molecule has 0 aromatic rings. The minimum absolute atomic E-state index is 0.107. The number of rotatable bonds is 1. The number of aliphatic imine (C=N–C) groups is 1. The van der Waals surface area contributed by atoms with Crippen molar-refractivity contribution in [2.75, 3.05) is 14.1 Å². The molecule has 0 spiro atoms. The molecule has 2 heteroatoms. The molecule has 0 aliphatic carbocycles. The third kappa shape index (κ3) is 2.22. The average Bonchev–Trinajstić information content (AvgIpc) is 2.10. The summed E-state index contributed by atoms with van der Waals surface area (Å²) in [4.78, 5) is 6.22. The van der Waals surface area contributed by atoms with Crippen molar-refractivity contribution in [2.24, 2.45) is 10.4 Å². The van der Waals surface area contributed by atoms with E-state index in [0.29, 0.717) is 0 Å². The van der Waals surface area contributed by atoms with Crippen molar-refractivity contribution in [3.63, 3.8) is 0 Å². The highest BCUT2D eigenvalue weighted by Gasteiger charge is 2.13. The predicted octanol–water partition coefficient (Wildman–Crippen LogP) is 2.06. The lowest BCUT2D eigenvalue weighted by atomic mass is 9.92. The zero-order valence-electron chi connectivity index (χ0n) is 8.20. The van der Waals surface area contributed by atoms with E-state index in [2.05, 4.69) is 35.9 Å². The molecule has 0 unspecified atom stereocenters. The van der Waals surface area contributed by atoms with E-state index in [9.17, 15) is 0 Å². The fourth-order valence-corrected chi connectivity index (χ4v) is 1.07. The molecule has 66 valence electrons. The normalized spacial score (nSPS) is 20.2. The van der Waals surface area contributed by atoms with Gasteiger partial charge in [0.05, 0.1) is 5.70 Å². The van der Waals surface area contributed by atoms with Crippen LogP contribution in [0.15, 0.2) is 29.0 Å². The number of hydrogen-bond donors (Lipinski definition) is 0. The first kappa shape index (κ1) is 9.04. The van der Waals surface area contributed by atoms with Gasteiger partial charge in [0.1, 0.15) is 0 Å². The van der Waals surface area contributed by atoms with Crippen molar-refractivity contribution < 1.29 is 0 Å². The molecule has 2 nitrogen and oxygen atoms in total. The van der Waals surface area contributed by atoms with Gasteiger partial charge in [-0.3, -0.25) is 4.99 Å². The van der Waals surface area contributed by atoms with E-state index >= 15 is 0 Å². The van der Waals surface area contributed by atoms with E-state index in [1.54, 1.807) is 0 Å². The fraction of sp³-hybridized carbons (Fsp3) is 0.500. The second kappa shape index (κ2) is 3.13. The van der Waals surface area contributed by atoms with Crippen molar-refractivity contribution in [3.05, 3.63) is 24.0 Å². The zero-order chi connectivity index (χ0) is 9.19. The lowest BCUT2D eigenvalue weighted by Crippen LogP contribution is -2.15. The maximum atomic E-state index is 4.15. The van der Waals surface area contributed by atoms with Crippen molar-refractivity contribution in [1.29, 1.82) is 0 Å². The minimum atomic E-state index is 0.107. The molecule has 0 fully saturated rings. The van der Waals surface area contributed by atoms with Gasteiger partial charge in [0.2, 0.25) is 0 Å². The summed E-state index contributed by atoms with van der Waals surface area (Å²) in [6.07, 6.45) is 8.04. The quantitative estimate of drug-likeness (QED) is 0.579. The molecule has 1 aliphatic rings. The van der Waals surface area contributed by atoms with Crippen molar-refractivity contribution in [2.45, 2.75) is 13.8 Å². The maximum absolute atomic E-state index is 4.15. The van der Waals surface area contributed by atoms with Gasteiger partial charge in [-0.2, -0.15) is 0 Å². The Morgan fingerprint density at radius 1 is 1.33 bits per heavy atom. The van der Waals surface area contributed by atoms with Gasteiger partial charge in [0, 0.05) is 31.9 Å². The van der Waals surface area contributed by atoms with Crippen LogP contribution in [-0.2, 0) is 0 Å². The summed E-state index contributed by atoms with van der Waals surface area (Å²) < 4.78 is 0. The molecular formula is C10H16N2. The Balaban J connectivity index is 2.95. The summed E-state index contributed by atoms with van der Waals surface area (Å²) in [5.74, 6) is 0. The van der Waals surface area contributed by atoms with Crippen LogP contribution < -0.4 is 0 Å². The van der Waals surface area contributed by atoms with Crippen LogP contribution in [-0.4, -0.2) is 25.2 Å². The van der Waals surface area contributed by atoms with Crippen LogP contribution in [0.4, 0.5) is 0 Å². The summed E-state index contributed by atoms with van der Waals surface area (Å²) in [6.45, 7) is 4.34. The second-order valence-electron chi connectivity index (χ2n) is 3.88. The molecule has 0 saturated carbocycles. The SMILES string of the molecule is CN(C)C1=CC(C)(C)C=CN=C1. The Kier molecular flexibility index (Phi) is 2.36. The molecule has 0 aromatic heterocycles. The summed E-state index contributed by atoms with van der Waals surface area (Å²) in [5, 5.41) is 0. The topological polar surface area (TPSA) is 15.6 Å². The third-order valence-electron chi connectivity index (χ3n) is 1.83. The van der Waals surface area contributed by atoms with E-state index in [0.717, 1.165) is 5.70 Å². The van der Waals surface area contributed by atoms with Crippen LogP contribution >= 0.6 is 0 Å². The Morgan fingerprint density at radius 3 is 2.58 bits per heavy atom. The van der Waals surface area contributed by atoms with Crippen LogP contribution in [0.25, 0.3) is 0 Å². The highest BCUT2D eigenvalue weighted by molar-refractivity contribution is 5.78. The lowest BCUT2D eigenvalue weighted by Gasteiger charge is -2.18. The molecule has 0 amide bonds. The van der Waals surface area contributed by atoms with Gasteiger partial charge in [0.15, 0.2) is 0 Å². The van der Waals surface area contributed by atoms with E-state index < -0.39 is 0 Å². The van der Waals surface area contributed by atoms with Crippen molar-refractivity contribution in [1.82, 2.24) is 4.90 Å². The van der Waals surface area contributed by atoms with Gasteiger partial charge in [-0.15, -0.1) is 0 Å². The van der Waals surface area contributed by atoms with E-state index in [1.165, 1.54) is 0 Å². The summed E-state index contributed by atoms with van der Waals surface area (Å²) >= 11 is 0. The molecule has 0 aromatic carbocycles. The Labute approximate surface area is 74.3 Å². The predicted molar refractivity (Wildman–Crippen MR) is 53.2 cm³/mol. The van der Waals surface area contributed by atoms with Crippen LogP contribution in [0.2, 0.25) is 0 Å². The van der Waals surface area contributed by atoms with E-state index in [4.69, 9.17) is 0 Å². The average molecular weight is 164 g/mol. The van der Waals surface area contributed by atoms with Gasteiger partial charge >= 0.3 is 0 Å². The summed E-state index contributed by atoms with van der Waals surface area (Å²) in [6, 6.07) is 0. The Morgan fingerprint density at radius 2 is 2.00 bits per heavy atom. The largest absolute Gasteiger partial charge is 0.377 e. The first-order chi connectivity index (χ1) is 5.51. The molecule has 1 heterocycles. The van der Waals surface area contributed by atoms with Gasteiger partial charge in [0.25, 0.3) is 0 Å². The van der Waals surface area contributed by atoms with Crippen molar-refractivity contribution in [3.8, 4) is 0 Å². The van der Waals surface area contributed by atoms with Crippen LogP contribution in [0.3, 0.4) is 0 Å². The van der Waals surface area contributed by atoms with E-state index in [-0.39, 0.29) is 5.41 Å². The molecular weight excluding hydrogens is 148 g/mol. The Hall–Kier alpha value is -1.05. The van der Waals surface area contributed by atoms with Gasteiger partial charge in [-0.25, -0.2) is 0 Å².